The molecule has 1 aliphatic carbocycles. The summed E-state index contributed by atoms with van der Waals surface area (Å²) in [6.07, 6.45) is 7.30. The van der Waals surface area contributed by atoms with Crippen LogP contribution < -0.4 is 5.32 Å². The molecule has 1 amide bonds. The van der Waals surface area contributed by atoms with Crippen LogP contribution in [0.4, 0.5) is 0 Å². The Morgan fingerprint density at radius 1 is 1.43 bits per heavy atom. The Labute approximate surface area is 82.7 Å². The van der Waals surface area contributed by atoms with Crippen LogP contribution in [-0.2, 0) is 0 Å². The minimum absolute atomic E-state index is 0.120. The van der Waals surface area contributed by atoms with Crippen molar-refractivity contribution in [3.8, 4) is 0 Å². The zero-order chi connectivity index (χ0) is 9.80. The van der Waals surface area contributed by atoms with Crippen molar-refractivity contribution in [3.05, 3.63) is 18.0 Å². The van der Waals surface area contributed by atoms with Crippen molar-refractivity contribution in [1.29, 1.82) is 0 Å². The number of amides is 1. The van der Waals surface area contributed by atoms with Gasteiger partial charge in [0.25, 0.3) is 5.91 Å². The summed E-state index contributed by atoms with van der Waals surface area (Å²) in [6, 6.07) is 1.91. The molecule has 0 saturated heterocycles. The van der Waals surface area contributed by atoms with Gasteiger partial charge in [-0.3, -0.25) is 4.79 Å². The van der Waals surface area contributed by atoms with E-state index in [1.165, 1.54) is 25.5 Å². The molecule has 1 fully saturated rings. The van der Waals surface area contributed by atoms with E-state index in [9.17, 15) is 4.79 Å². The van der Waals surface area contributed by atoms with Crippen molar-refractivity contribution >= 4 is 5.91 Å². The fourth-order valence-corrected chi connectivity index (χ4v) is 1.84. The van der Waals surface area contributed by atoms with Crippen molar-refractivity contribution in [2.24, 2.45) is 0 Å². The molecule has 76 valence electrons. The average Bonchev–Trinajstić information content (AvgIpc) is 2.72. The van der Waals surface area contributed by atoms with Crippen LogP contribution in [0.3, 0.4) is 0 Å². The first-order chi connectivity index (χ1) is 6.86. The lowest BCUT2D eigenvalue weighted by Crippen LogP contribution is -2.36. The number of carbonyl (C=O) groups is 1. The molecule has 0 atom stereocenters. The Bertz CT molecular complexity index is 289. The highest BCUT2D eigenvalue weighted by atomic mass is 16.5. The first kappa shape index (κ1) is 9.24. The van der Waals surface area contributed by atoms with Crippen LogP contribution in [0, 0.1) is 0 Å². The van der Waals surface area contributed by atoms with Crippen molar-refractivity contribution in [3.63, 3.8) is 0 Å². The first-order valence-corrected chi connectivity index (χ1v) is 5.07. The van der Waals surface area contributed by atoms with Crippen LogP contribution in [0.25, 0.3) is 0 Å². The average molecular weight is 194 g/mol. The lowest BCUT2D eigenvalue weighted by Gasteiger charge is -2.22. The largest absolute Gasteiger partial charge is 0.364 e. The van der Waals surface area contributed by atoms with Gasteiger partial charge in [0.2, 0.25) is 0 Å². The molecule has 0 aliphatic heterocycles. The number of nitrogens with one attached hydrogen (secondary N) is 1. The maximum atomic E-state index is 11.5. The van der Waals surface area contributed by atoms with Gasteiger partial charge in [-0.05, 0) is 12.8 Å². The van der Waals surface area contributed by atoms with Gasteiger partial charge in [0, 0.05) is 12.1 Å². The Kier molecular flexibility index (Phi) is 2.81. The molecule has 0 radical (unpaired) electrons. The molecule has 1 aromatic heterocycles. The monoisotopic (exact) mass is 194 g/mol. The number of carbonyl (C=O) groups excluding carboxylic acids is 1. The minimum atomic E-state index is -0.120. The summed E-state index contributed by atoms with van der Waals surface area (Å²) in [7, 11) is 0. The van der Waals surface area contributed by atoms with Gasteiger partial charge in [-0.25, -0.2) is 0 Å². The van der Waals surface area contributed by atoms with Crippen molar-refractivity contribution < 1.29 is 9.32 Å². The van der Waals surface area contributed by atoms with E-state index in [-0.39, 0.29) is 5.91 Å². The van der Waals surface area contributed by atoms with E-state index in [2.05, 4.69) is 15.0 Å². The fraction of sp³-hybridized carbons (Fsp3) is 0.600. The fourth-order valence-electron chi connectivity index (χ4n) is 1.84. The zero-order valence-corrected chi connectivity index (χ0v) is 8.03. The third kappa shape index (κ3) is 2.13. The molecule has 2 rings (SSSR count). The van der Waals surface area contributed by atoms with E-state index in [0.29, 0.717) is 11.7 Å². The molecule has 4 heteroatoms. The number of rotatable bonds is 2. The van der Waals surface area contributed by atoms with Crippen molar-refractivity contribution in [2.45, 2.75) is 38.1 Å². The number of hydrogen-bond acceptors (Lipinski definition) is 3. The predicted molar refractivity (Wildman–Crippen MR) is 50.8 cm³/mol. The number of nitrogens with zero attached hydrogens (tertiary/aromatic N) is 1. The summed E-state index contributed by atoms with van der Waals surface area (Å²) in [5, 5.41) is 6.55. The normalized spacial score (nSPS) is 18.0. The second-order valence-electron chi connectivity index (χ2n) is 3.69. The third-order valence-electron chi connectivity index (χ3n) is 2.61. The Balaban J connectivity index is 1.87. The molecular formula is C10H14N2O2. The predicted octanol–water partition coefficient (Wildman–Crippen LogP) is 1.74. The molecule has 1 saturated carbocycles. The van der Waals surface area contributed by atoms with Gasteiger partial charge in [0.15, 0.2) is 5.69 Å². The third-order valence-corrected chi connectivity index (χ3v) is 2.61. The van der Waals surface area contributed by atoms with E-state index in [1.807, 2.05) is 0 Å². The van der Waals surface area contributed by atoms with Crippen LogP contribution in [0.5, 0.6) is 0 Å². The van der Waals surface area contributed by atoms with Gasteiger partial charge in [-0.1, -0.05) is 24.4 Å². The highest BCUT2D eigenvalue weighted by Crippen LogP contribution is 2.17. The van der Waals surface area contributed by atoms with Gasteiger partial charge < -0.3 is 9.84 Å². The van der Waals surface area contributed by atoms with Gasteiger partial charge in [-0.2, -0.15) is 0 Å². The summed E-state index contributed by atoms with van der Waals surface area (Å²) < 4.78 is 4.61. The van der Waals surface area contributed by atoms with E-state index in [4.69, 9.17) is 0 Å². The van der Waals surface area contributed by atoms with Gasteiger partial charge in [0.1, 0.15) is 6.26 Å². The zero-order valence-electron chi connectivity index (χ0n) is 8.03. The molecule has 1 N–H and O–H groups in total. The van der Waals surface area contributed by atoms with Gasteiger partial charge >= 0.3 is 0 Å². The minimum Gasteiger partial charge on any atom is -0.364 e. The number of aromatic nitrogens is 1. The smallest absolute Gasteiger partial charge is 0.273 e. The summed E-state index contributed by atoms with van der Waals surface area (Å²) >= 11 is 0. The lowest BCUT2D eigenvalue weighted by atomic mass is 9.95. The first-order valence-electron chi connectivity index (χ1n) is 5.07. The van der Waals surface area contributed by atoms with Crippen molar-refractivity contribution in [2.75, 3.05) is 0 Å². The quantitative estimate of drug-likeness (QED) is 0.780. The summed E-state index contributed by atoms with van der Waals surface area (Å²) in [4.78, 5) is 11.5. The van der Waals surface area contributed by atoms with Crippen LogP contribution in [-0.4, -0.2) is 17.1 Å². The van der Waals surface area contributed by atoms with Crippen molar-refractivity contribution in [1.82, 2.24) is 10.5 Å². The van der Waals surface area contributed by atoms with Crippen LogP contribution >= 0.6 is 0 Å². The van der Waals surface area contributed by atoms with Gasteiger partial charge in [-0.15, -0.1) is 0 Å². The van der Waals surface area contributed by atoms with Crippen LogP contribution in [0.15, 0.2) is 16.9 Å². The molecule has 0 unspecified atom stereocenters. The topological polar surface area (TPSA) is 55.1 Å². The SMILES string of the molecule is O=C(NC1CCCCC1)c1ccon1. The molecule has 0 bridgehead atoms. The highest BCUT2D eigenvalue weighted by Gasteiger charge is 2.17. The molecule has 1 heterocycles. The van der Waals surface area contributed by atoms with E-state index in [0.717, 1.165) is 12.8 Å². The second kappa shape index (κ2) is 4.26. The summed E-state index contributed by atoms with van der Waals surface area (Å²) in [6.45, 7) is 0. The Morgan fingerprint density at radius 3 is 2.86 bits per heavy atom. The molecule has 1 aliphatic rings. The summed E-state index contributed by atoms with van der Waals surface area (Å²) in [5.41, 5.74) is 0.371. The highest BCUT2D eigenvalue weighted by molar-refractivity contribution is 5.92. The van der Waals surface area contributed by atoms with E-state index in [1.54, 1.807) is 6.07 Å². The Hall–Kier alpha value is -1.32. The molecule has 4 nitrogen and oxygen atoms in total. The van der Waals surface area contributed by atoms with Crippen LogP contribution in [0.1, 0.15) is 42.6 Å². The molecule has 14 heavy (non-hydrogen) atoms. The van der Waals surface area contributed by atoms with Crippen LogP contribution in [0.2, 0.25) is 0 Å². The summed E-state index contributed by atoms with van der Waals surface area (Å²) in [5.74, 6) is -0.120. The standard InChI is InChI=1S/C10H14N2O2/c13-10(9-6-7-14-12-9)11-8-4-2-1-3-5-8/h6-8H,1-5H2,(H,11,13). The molecular weight excluding hydrogens is 180 g/mol. The lowest BCUT2D eigenvalue weighted by molar-refractivity contribution is 0.0918. The van der Waals surface area contributed by atoms with E-state index >= 15 is 0 Å². The van der Waals surface area contributed by atoms with Gasteiger partial charge in [0.05, 0.1) is 0 Å². The molecule has 1 aromatic rings. The Morgan fingerprint density at radius 2 is 2.21 bits per heavy atom. The van der Waals surface area contributed by atoms with E-state index < -0.39 is 0 Å². The molecule has 0 aromatic carbocycles. The maximum absolute atomic E-state index is 11.5. The second-order valence-corrected chi connectivity index (χ2v) is 3.69. The number of hydrogen-bond donors (Lipinski definition) is 1. The molecule has 0 spiro atoms. The maximum Gasteiger partial charge on any atom is 0.273 e.